The Morgan fingerprint density at radius 2 is 1.02 bits per heavy atom. The van der Waals surface area contributed by atoms with Crippen LogP contribution < -0.4 is 10.6 Å². The minimum atomic E-state index is -0.488. The van der Waals surface area contributed by atoms with Gasteiger partial charge in [-0.1, -0.05) is 83.9 Å². The molecule has 2 saturated heterocycles. The van der Waals surface area contributed by atoms with Crippen LogP contribution in [0.4, 0.5) is 0 Å². The molecule has 7 rings (SSSR count). The van der Waals surface area contributed by atoms with E-state index in [0.717, 1.165) is 64.0 Å². The average Bonchev–Trinajstić information content (AvgIpc) is 3.62. The fraction of sp³-hybridized carbons (Fsp3) is 0.229. The SMILES string of the molecule is Clc1ccc(C2(c3ccc(-c4cn[nH]c4)cc3)CNCCO2)cc1.Clc1ccc(C2(c3ccc(I)cc3)CNCCO2)cc1. The number of aromatic amines is 1. The van der Waals surface area contributed by atoms with Crippen molar-refractivity contribution in [2.45, 2.75) is 11.2 Å². The standard InChI is InChI=1S/C19H18ClN3O.C16H15ClINO/c20-18-7-5-17(6-8-18)19(13-21-9-10-24-19)16-3-1-14(2-4-16)15-11-22-23-12-15;17-14-5-1-12(2-6-14)16(11-19-9-10-20-16)13-3-7-15(18)8-4-13/h1-8,11-12,21H,9-10,13H2,(H,22,23);1-8,19H,9-11H2. The Morgan fingerprint density at radius 1 is 0.591 bits per heavy atom. The zero-order valence-corrected chi connectivity index (χ0v) is 27.7. The maximum absolute atomic E-state index is 6.28. The number of halogens is 3. The van der Waals surface area contributed by atoms with E-state index in [2.05, 4.69) is 92.0 Å². The third kappa shape index (κ3) is 6.74. The van der Waals surface area contributed by atoms with E-state index in [9.17, 15) is 0 Å². The van der Waals surface area contributed by atoms with Gasteiger partial charge in [-0.05, 0) is 86.8 Å². The van der Waals surface area contributed by atoms with Gasteiger partial charge < -0.3 is 20.1 Å². The van der Waals surface area contributed by atoms with E-state index < -0.39 is 11.2 Å². The number of morpholine rings is 2. The van der Waals surface area contributed by atoms with Gasteiger partial charge in [0.1, 0.15) is 11.2 Å². The molecular formula is C35H33Cl2IN4O2. The van der Waals surface area contributed by atoms with Gasteiger partial charge in [0.15, 0.2) is 0 Å². The summed E-state index contributed by atoms with van der Waals surface area (Å²) in [6, 6.07) is 32.8. The minimum absolute atomic E-state index is 0.423. The highest BCUT2D eigenvalue weighted by molar-refractivity contribution is 14.1. The van der Waals surface area contributed by atoms with Crippen molar-refractivity contribution in [1.82, 2.24) is 20.8 Å². The molecule has 2 atom stereocenters. The van der Waals surface area contributed by atoms with Crippen molar-refractivity contribution >= 4 is 45.8 Å². The van der Waals surface area contributed by atoms with Crippen molar-refractivity contribution < 1.29 is 9.47 Å². The van der Waals surface area contributed by atoms with Gasteiger partial charge in [-0.2, -0.15) is 5.10 Å². The quantitative estimate of drug-likeness (QED) is 0.164. The second-order valence-corrected chi connectivity index (χ2v) is 12.9. The summed E-state index contributed by atoms with van der Waals surface area (Å²) >= 11 is 14.4. The van der Waals surface area contributed by atoms with E-state index in [1.54, 1.807) is 0 Å². The molecule has 2 fully saturated rings. The molecule has 2 aliphatic heterocycles. The van der Waals surface area contributed by atoms with E-state index in [4.69, 9.17) is 32.7 Å². The van der Waals surface area contributed by atoms with Crippen LogP contribution in [0.1, 0.15) is 22.3 Å². The molecular weight excluding hydrogens is 706 g/mol. The highest BCUT2D eigenvalue weighted by atomic mass is 127. The summed E-state index contributed by atoms with van der Waals surface area (Å²) in [6.07, 6.45) is 3.71. The van der Waals surface area contributed by atoms with Crippen LogP contribution in [0.25, 0.3) is 11.1 Å². The van der Waals surface area contributed by atoms with Gasteiger partial charge in [-0.15, -0.1) is 0 Å². The second-order valence-electron chi connectivity index (χ2n) is 10.8. The van der Waals surface area contributed by atoms with Crippen molar-refractivity contribution in [3.05, 3.63) is 145 Å². The Labute approximate surface area is 281 Å². The molecule has 0 saturated carbocycles. The van der Waals surface area contributed by atoms with Crippen molar-refractivity contribution in [1.29, 1.82) is 0 Å². The van der Waals surface area contributed by atoms with Crippen LogP contribution in [0.3, 0.4) is 0 Å². The first-order valence-electron chi connectivity index (χ1n) is 14.6. The lowest BCUT2D eigenvalue weighted by Crippen LogP contribution is -2.48. The first kappa shape index (κ1) is 31.2. The third-order valence-electron chi connectivity index (χ3n) is 8.12. The summed E-state index contributed by atoms with van der Waals surface area (Å²) < 4.78 is 13.7. The number of benzene rings is 4. The molecule has 0 amide bonds. The third-order valence-corrected chi connectivity index (χ3v) is 9.34. The largest absolute Gasteiger partial charge is 0.363 e. The molecule has 6 nitrogen and oxygen atoms in total. The van der Waals surface area contributed by atoms with Gasteiger partial charge in [0.25, 0.3) is 0 Å². The van der Waals surface area contributed by atoms with Crippen LogP contribution in [-0.4, -0.2) is 49.6 Å². The van der Waals surface area contributed by atoms with Crippen LogP contribution in [0.15, 0.2) is 109 Å². The molecule has 4 aromatic carbocycles. The smallest absolute Gasteiger partial charge is 0.130 e. The first-order chi connectivity index (χ1) is 21.5. The number of nitrogens with zero attached hydrogens (tertiary/aromatic N) is 1. The topological polar surface area (TPSA) is 71.2 Å². The average molecular weight is 739 g/mol. The van der Waals surface area contributed by atoms with E-state index in [1.807, 2.05) is 60.9 Å². The fourth-order valence-corrected chi connectivity index (χ4v) is 6.41. The Morgan fingerprint density at radius 3 is 1.41 bits per heavy atom. The summed E-state index contributed by atoms with van der Waals surface area (Å²) in [7, 11) is 0. The van der Waals surface area contributed by atoms with Crippen molar-refractivity contribution in [2.75, 3.05) is 39.4 Å². The number of nitrogens with one attached hydrogen (secondary N) is 3. The Kier molecular flexibility index (Phi) is 10.0. The molecule has 0 aliphatic carbocycles. The van der Waals surface area contributed by atoms with E-state index in [-0.39, 0.29) is 0 Å². The van der Waals surface area contributed by atoms with Crippen molar-refractivity contribution in [3.8, 4) is 11.1 Å². The zero-order chi connectivity index (χ0) is 30.4. The maximum atomic E-state index is 6.28. The molecule has 3 heterocycles. The van der Waals surface area contributed by atoms with E-state index >= 15 is 0 Å². The number of ether oxygens (including phenoxy) is 2. The molecule has 3 N–H and O–H groups in total. The molecule has 0 bridgehead atoms. The Bertz CT molecular complexity index is 1570. The number of aromatic nitrogens is 2. The summed E-state index contributed by atoms with van der Waals surface area (Å²) in [5, 5.41) is 15.2. The highest BCUT2D eigenvalue weighted by Crippen LogP contribution is 2.37. The number of rotatable bonds is 5. The van der Waals surface area contributed by atoms with Crippen LogP contribution in [0, 0.1) is 3.57 Å². The summed E-state index contributed by atoms with van der Waals surface area (Å²) in [6.45, 7) is 4.64. The molecule has 9 heteroatoms. The molecule has 5 aromatic rings. The van der Waals surface area contributed by atoms with E-state index in [1.165, 1.54) is 9.13 Å². The predicted octanol–water partition coefficient (Wildman–Crippen LogP) is 7.40. The number of hydrogen-bond donors (Lipinski definition) is 3. The van der Waals surface area contributed by atoms with Gasteiger partial charge in [-0.25, -0.2) is 0 Å². The molecule has 0 radical (unpaired) electrons. The predicted molar refractivity (Wildman–Crippen MR) is 185 cm³/mol. The normalized spacial score (nSPS) is 21.7. The van der Waals surface area contributed by atoms with Crippen LogP contribution >= 0.6 is 45.8 Å². The zero-order valence-electron chi connectivity index (χ0n) is 24.0. The summed E-state index contributed by atoms with van der Waals surface area (Å²) in [4.78, 5) is 0. The van der Waals surface area contributed by atoms with E-state index in [0.29, 0.717) is 13.2 Å². The Balaban J connectivity index is 0.000000159. The van der Waals surface area contributed by atoms with Crippen molar-refractivity contribution in [2.24, 2.45) is 0 Å². The lowest BCUT2D eigenvalue weighted by atomic mass is 9.84. The Hall–Kier alpha value is -2.76. The van der Waals surface area contributed by atoms with Crippen LogP contribution in [-0.2, 0) is 20.7 Å². The molecule has 0 spiro atoms. The van der Waals surface area contributed by atoms with Crippen LogP contribution in [0.2, 0.25) is 10.0 Å². The number of H-pyrrole nitrogens is 1. The number of hydrogen-bond acceptors (Lipinski definition) is 5. The second kappa shape index (κ2) is 14.1. The molecule has 44 heavy (non-hydrogen) atoms. The van der Waals surface area contributed by atoms with Gasteiger partial charge >= 0.3 is 0 Å². The summed E-state index contributed by atoms with van der Waals surface area (Å²) in [5.41, 5.74) is 5.83. The van der Waals surface area contributed by atoms with Gasteiger partial charge in [0.2, 0.25) is 0 Å². The minimum Gasteiger partial charge on any atom is -0.363 e. The highest BCUT2D eigenvalue weighted by Gasteiger charge is 2.38. The monoisotopic (exact) mass is 738 g/mol. The molecule has 1 aromatic heterocycles. The fourth-order valence-electron chi connectivity index (χ4n) is 5.80. The first-order valence-corrected chi connectivity index (χ1v) is 16.4. The van der Waals surface area contributed by atoms with Gasteiger partial charge in [0.05, 0.1) is 19.4 Å². The lowest BCUT2D eigenvalue weighted by molar-refractivity contribution is -0.0405. The summed E-state index contributed by atoms with van der Waals surface area (Å²) in [5.74, 6) is 0. The van der Waals surface area contributed by atoms with Crippen molar-refractivity contribution in [3.63, 3.8) is 0 Å². The van der Waals surface area contributed by atoms with Gasteiger partial charge in [-0.3, -0.25) is 5.10 Å². The van der Waals surface area contributed by atoms with Gasteiger partial charge in [0, 0.05) is 51.6 Å². The lowest BCUT2D eigenvalue weighted by Gasteiger charge is -2.39. The molecule has 2 aliphatic rings. The molecule has 226 valence electrons. The van der Waals surface area contributed by atoms with Crippen LogP contribution in [0.5, 0.6) is 0 Å². The molecule has 2 unspecified atom stereocenters. The maximum Gasteiger partial charge on any atom is 0.130 e.